The fourth-order valence-electron chi connectivity index (χ4n) is 4.37. The molecule has 1 amide bonds. The highest BCUT2D eigenvalue weighted by Gasteiger charge is 2.65. The van der Waals surface area contributed by atoms with Crippen molar-refractivity contribution in [3.63, 3.8) is 0 Å². The molecule has 0 N–H and O–H groups in total. The van der Waals surface area contributed by atoms with Gasteiger partial charge in [-0.2, -0.15) is 0 Å². The van der Waals surface area contributed by atoms with E-state index in [-0.39, 0.29) is 22.1 Å². The maximum Gasteiger partial charge on any atom is 0.281 e. The second kappa shape index (κ2) is 7.22. The van der Waals surface area contributed by atoms with Crippen LogP contribution in [0.15, 0.2) is 27.5 Å². The average Bonchev–Trinajstić information content (AvgIpc) is 3.61. The average molecular weight is 482 g/mol. The Morgan fingerprint density at radius 2 is 2.06 bits per heavy atom. The van der Waals surface area contributed by atoms with Gasteiger partial charge < -0.3 is 14.1 Å². The van der Waals surface area contributed by atoms with Gasteiger partial charge in [0.15, 0.2) is 15.9 Å². The van der Waals surface area contributed by atoms with Gasteiger partial charge in [-0.3, -0.25) is 4.79 Å². The first kappa shape index (κ1) is 22.2. The molecule has 178 valence electrons. The number of piperidine rings is 1. The van der Waals surface area contributed by atoms with Crippen molar-refractivity contribution in [3.05, 3.63) is 35.5 Å². The summed E-state index contributed by atoms with van der Waals surface area (Å²) in [6, 6.07) is 3.71. The predicted octanol–water partition coefficient (Wildman–Crippen LogP) is 3.19. The fourth-order valence-corrected chi connectivity index (χ4v) is 5.02. The first-order chi connectivity index (χ1) is 15.4. The first-order valence-corrected chi connectivity index (χ1v) is 12.8. The Morgan fingerprint density at radius 3 is 2.70 bits per heavy atom. The number of alkyl halides is 2. The lowest BCUT2D eigenvalue weighted by atomic mass is 10.1. The minimum Gasteiger partial charge on any atom is -0.484 e. The minimum atomic E-state index is -3.62. The summed E-state index contributed by atoms with van der Waals surface area (Å²) in [4.78, 5) is 14.9. The monoisotopic (exact) mass is 481 g/mol. The van der Waals surface area contributed by atoms with Crippen LogP contribution >= 0.6 is 0 Å². The molecule has 3 atom stereocenters. The first-order valence-electron chi connectivity index (χ1n) is 10.9. The number of carbonyl (C=O) groups is 1. The third kappa shape index (κ3) is 4.00. The molecule has 2 aliphatic carbocycles. The standard InChI is InChI=1S/C22H25F2N3O5S/c1-12(21(2,23)24)31-17-7-6-15(33(3,29)30)8-16(17)19(28)27-10-14-9-22(14,11-27)20-26-25-18(32-20)13-4-5-13/h6-8,12-14H,4-5,9-11H2,1-3H3. The lowest BCUT2D eigenvalue weighted by Crippen LogP contribution is -2.35. The van der Waals surface area contributed by atoms with E-state index >= 15 is 0 Å². The van der Waals surface area contributed by atoms with Crippen molar-refractivity contribution < 1.29 is 31.1 Å². The molecule has 5 rings (SSSR count). The van der Waals surface area contributed by atoms with Crippen LogP contribution in [-0.4, -0.2) is 60.8 Å². The van der Waals surface area contributed by atoms with Gasteiger partial charge in [0.1, 0.15) is 5.75 Å². The SMILES string of the molecule is CC(Oc1ccc(S(C)(=O)=O)cc1C(=O)N1CC2CC2(c2nnc(C3CC3)o2)C1)C(C)(F)F. The van der Waals surface area contributed by atoms with Crippen LogP contribution in [0.2, 0.25) is 0 Å². The molecule has 0 radical (unpaired) electrons. The van der Waals surface area contributed by atoms with Crippen LogP contribution in [0.5, 0.6) is 5.75 Å². The number of halogens is 2. The zero-order valence-electron chi connectivity index (χ0n) is 18.5. The third-order valence-electron chi connectivity index (χ3n) is 6.85. The van der Waals surface area contributed by atoms with Gasteiger partial charge >= 0.3 is 0 Å². The summed E-state index contributed by atoms with van der Waals surface area (Å²) in [7, 11) is -3.62. The van der Waals surface area contributed by atoms with E-state index in [9.17, 15) is 22.0 Å². The Hall–Kier alpha value is -2.56. The maximum absolute atomic E-state index is 13.7. The predicted molar refractivity (Wildman–Crippen MR) is 112 cm³/mol. The van der Waals surface area contributed by atoms with Gasteiger partial charge in [-0.05, 0) is 50.3 Å². The molecule has 3 unspecified atom stereocenters. The van der Waals surface area contributed by atoms with E-state index in [1.165, 1.54) is 25.1 Å². The summed E-state index contributed by atoms with van der Waals surface area (Å²) < 4.78 is 62.9. The lowest BCUT2D eigenvalue weighted by Gasteiger charge is -2.25. The Balaban J connectivity index is 1.42. The van der Waals surface area contributed by atoms with Crippen molar-refractivity contribution in [3.8, 4) is 5.75 Å². The number of ether oxygens (including phenoxy) is 1. The molecule has 3 fully saturated rings. The zero-order valence-corrected chi connectivity index (χ0v) is 19.4. The fraction of sp³-hybridized carbons (Fsp3) is 0.591. The lowest BCUT2D eigenvalue weighted by molar-refractivity contribution is -0.0720. The number of benzene rings is 1. The molecule has 33 heavy (non-hydrogen) atoms. The van der Waals surface area contributed by atoms with Crippen molar-refractivity contribution in [2.75, 3.05) is 19.3 Å². The highest BCUT2D eigenvalue weighted by Crippen LogP contribution is 2.59. The van der Waals surface area contributed by atoms with Gasteiger partial charge in [0.25, 0.3) is 11.8 Å². The maximum atomic E-state index is 13.7. The molecule has 8 nitrogen and oxygen atoms in total. The second-order valence-corrected chi connectivity index (χ2v) is 11.6. The summed E-state index contributed by atoms with van der Waals surface area (Å²) in [6.45, 7) is 2.70. The molecule has 1 aromatic carbocycles. The van der Waals surface area contributed by atoms with Crippen LogP contribution in [0.1, 0.15) is 61.2 Å². The smallest absolute Gasteiger partial charge is 0.281 e. The molecule has 2 saturated carbocycles. The minimum absolute atomic E-state index is 0.0605. The van der Waals surface area contributed by atoms with Crippen molar-refractivity contribution in [1.82, 2.24) is 15.1 Å². The van der Waals surface area contributed by atoms with Crippen LogP contribution in [0.3, 0.4) is 0 Å². The number of hydrogen-bond acceptors (Lipinski definition) is 7. The molecule has 0 bridgehead atoms. The molecule has 1 aromatic heterocycles. The van der Waals surface area contributed by atoms with Crippen LogP contribution in [0.4, 0.5) is 8.78 Å². The number of rotatable bonds is 7. The van der Waals surface area contributed by atoms with E-state index < -0.39 is 33.2 Å². The van der Waals surface area contributed by atoms with Crippen molar-refractivity contribution >= 4 is 15.7 Å². The van der Waals surface area contributed by atoms with E-state index in [2.05, 4.69) is 10.2 Å². The van der Waals surface area contributed by atoms with Crippen LogP contribution in [-0.2, 0) is 15.3 Å². The molecular weight excluding hydrogens is 456 g/mol. The van der Waals surface area contributed by atoms with Crippen LogP contribution in [0.25, 0.3) is 0 Å². The molecule has 2 aromatic rings. The van der Waals surface area contributed by atoms with E-state index in [0.717, 1.165) is 32.4 Å². The van der Waals surface area contributed by atoms with Crippen LogP contribution < -0.4 is 4.74 Å². The zero-order chi connectivity index (χ0) is 23.8. The summed E-state index contributed by atoms with van der Waals surface area (Å²) in [5.41, 5.74) is -0.454. The van der Waals surface area contributed by atoms with E-state index in [0.29, 0.717) is 30.8 Å². The van der Waals surface area contributed by atoms with Gasteiger partial charge in [-0.1, -0.05) is 0 Å². The normalized spacial score (nSPS) is 25.6. The van der Waals surface area contributed by atoms with Gasteiger partial charge in [-0.25, -0.2) is 17.2 Å². The van der Waals surface area contributed by atoms with Gasteiger partial charge in [0.2, 0.25) is 11.8 Å². The number of nitrogens with zero attached hydrogens (tertiary/aromatic N) is 3. The van der Waals surface area contributed by atoms with Crippen molar-refractivity contribution in [2.45, 2.75) is 61.4 Å². The number of fused-ring (bicyclic) bond motifs is 1. The van der Waals surface area contributed by atoms with Gasteiger partial charge in [0.05, 0.1) is 15.9 Å². The van der Waals surface area contributed by atoms with Crippen molar-refractivity contribution in [2.24, 2.45) is 5.92 Å². The van der Waals surface area contributed by atoms with Crippen LogP contribution in [0, 0.1) is 5.92 Å². The molecule has 0 spiro atoms. The molecule has 11 heteroatoms. The van der Waals surface area contributed by atoms with E-state index in [1.807, 2.05) is 0 Å². The Labute approximate surface area is 190 Å². The summed E-state index contributed by atoms with van der Waals surface area (Å²) in [6.07, 6.45) is 2.42. The van der Waals surface area contributed by atoms with E-state index in [4.69, 9.17) is 9.15 Å². The number of sulfone groups is 1. The number of likely N-dealkylation sites (tertiary alicyclic amines) is 1. The topological polar surface area (TPSA) is 103 Å². The summed E-state index contributed by atoms with van der Waals surface area (Å²) >= 11 is 0. The third-order valence-corrected chi connectivity index (χ3v) is 7.96. The molecular formula is C22H25F2N3O5S. The Bertz CT molecular complexity index is 1220. The van der Waals surface area contributed by atoms with E-state index in [1.54, 1.807) is 4.90 Å². The number of carbonyl (C=O) groups excluding carboxylic acids is 1. The summed E-state index contributed by atoms with van der Waals surface area (Å²) in [5, 5.41) is 8.38. The molecule has 3 aliphatic rings. The second-order valence-electron chi connectivity index (χ2n) is 9.61. The number of amides is 1. The van der Waals surface area contributed by atoms with Gasteiger partial charge in [-0.15, -0.1) is 10.2 Å². The summed E-state index contributed by atoms with van der Waals surface area (Å²) in [5.74, 6) is -2.04. The van der Waals surface area contributed by atoms with Crippen molar-refractivity contribution in [1.29, 1.82) is 0 Å². The Kier molecular flexibility index (Phi) is 4.86. The largest absolute Gasteiger partial charge is 0.484 e. The molecule has 1 aliphatic heterocycles. The molecule has 2 heterocycles. The molecule has 1 saturated heterocycles. The number of hydrogen-bond donors (Lipinski definition) is 0. The quantitative estimate of drug-likeness (QED) is 0.598. The number of aromatic nitrogens is 2. The Morgan fingerprint density at radius 1 is 1.33 bits per heavy atom. The highest BCUT2D eigenvalue weighted by molar-refractivity contribution is 7.90. The highest BCUT2D eigenvalue weighted by atomic mass is 32.2. The van der Waals surface area contributed by atoms with Gasteiger partial charge in [0, 0.05) is 32.2 Å².